The molecule has 0 aromatic heterocycles. The second-order valence-corrected chi connectivity index (χ2v) is 9.44. The molecule has 1 aliphatic carbocycles. The van der Waals surface area contributed by atoms with Gasteiger partial charge in [-0.3, -0.25) is 9.69 Å². The number of ketones is 1. The minimum Gasteiger partial charge on any atom is -0.478 e. The van der Waals surface area contributed by atoms with Crippen LogP contribution >= 0.6 is 0 Å². The highest BCUT2D eigenvalue weighted by Gasteiger charge is 2.38. The van der Waals surface area contributed by atoms with Gasteiger partial charge in [-0.15, -0.1) is 0 Å². The van der Waals surface area contributed by atoms with E-state index in [2.05, 4.69) is 37.8 Å². The zero-order valence-electron chi connectivity index (χ0n) is 17.5. The quantitative estimate of drug-likeness (QED) is 0.660. The Morgan fingerprint density at radius 3 is 2.52 bits per heavy atom. The summed E-state index contributed by atoms with van der Waals surface area (Å²) >= 11 is 0. The summed E-state index contributed by atoms with van der Waals surface area (Å²) in [6.45, 7) is 9.94. The van der Waals surface area contributed by atoms with E-state index >= 15 is 0 Å². The lowest BCUT2D eigenvalue weighted by Crippen LogP contribution is -2.34. The lowest BCUT2D eigenvalue weighted by atomic mass is 9.86. The van der Waals surface area contributed by atoms with E-state index in [9.17, 15) is 4.79 Å². The van der Waals surface area contributed by atoms with Gasteiger partial charge in [0, 0.05) is 12.6 Å². The van der Waals surface area contributed by atoms with Crippen LogP contribution in [0.2, 0.25) is 0 Å². The first kappa shape index (κ1) is 18.4. The van der Waals surface area contributed by atoms with E-state index in [0.717, 1.165) is 29.0 Å². The van der Waals surface area contributed by atoms with Crippen LogP contribution in [0.15, 0.2) is 36.1 Å². The Labute approximate surface area is 172 Å². The van der Waals surface area contributed by atoms with Gasteiger partial charge in [-0.05, 0) is 54.0 Å². The van der Waals surface area contributed by atoms with E-state index in [4.69, 9.17) is 9.47 Å². The Balaban J connectivity index is 1.48. The van der Waals surface area contributed by atoms with Gasteiger partial charge >= 0.3 is 0 Å². The Kier molecular flexibility index (Phi) is 4.11. The molecule has 0 saturated heterocycles. The van der Waals surface area contributed by atoms with E-state index in [1.807, 2.05) is 31.2 Å². The number of fused-ring (bicyclic) bond motifs is 3. The Bertz CT molecular complexity index is 1020. The standard InChI is InChI=1S/C25H27NO3/c1-15-11-20-19(13-26(14-28-20)18-9-10-18)24-22(15)23(27)21(29-24)12-16-5-7-17(8-6-16)25(2,3)4/h5-8,11-12,18H,9-10,13-14H2,1-4H3/b21-12-. The molecule has 3 aliphatic rings. The molecular weight excluding hydrogens is 362 g/mol. The molecule has 1 fully saturated rings. The number of carbonyl (C=O) groups is 1. The Morgan fingerprint density at radius 2 is 1.86 bits per heavy atom. The highest BCUT2D eigenvalue weighted by atomic mass is 16.5. The van der Waals surface area contributed by atoms with Crippen molar-refractivity contribution < 1.29 is 14.3 Å². The third-order valence-corrected chi connectivity index (χ3v) is 6.09. The first-order valence-corrected chi connectivity index (χ1v) is 10.4. The number of rotatable bonds is 2. The van der Waals surface area contributed by atoms with Crippen LogP contribution in [0.5, 0.6) is 11.5 Å². The van der Waals surface area contributed by atoms with E-state index in [1.165, 1.54) is 18.4 Å². The van der Waals surface area contributed by atoms with Crippen molar-refractivity contribution in [1.82, 2.24) is 4.90 Å². The minimum atomic E-state index is -0.0382. The number of aryl methyl sites for hydroxylation is 1. The van der Waals surface area contributed by atoms with Crippen molar-refractivity contribution in [3.63, 3.8) is 0 Å². The third-order valence-electron chi connectivity index (χ3n) is 6.09. The Morgan fingerprint density at radius 1 is 1.14 bits per heavy atom. The van der Waals surface area contributed by atoms with Gasteiger partial charge in [-0.2, -0.15) is 0 Å². The van der Waals surface area contributed by atoms with Crippen LogP contribution in [0.3, 0.4) is 0 Å². The first-order valence-electron chi connectivity index (χ1n) is 10.4. The maximum atomic E-state index is 13.1. The molecule has 5 rings (SSSR count). The van der Waals surface area contributed by atoms with Crippen LogP contribution < -0.4 is 9.47 Å². The number of nitrogens with zero attached hydrogens (tertiary/aromatic N) is 1. The molecule has 4 nitrogen and oxygen atoms in total. The molecule has 0 bridgehead atoms. The predicted octanol–water partition coefficient (Wildman–Crippen LogP) is 5.22. The number of Topliss-reactive ketones (excluding diaryl/α,β-unsaturated/α-hetero) is 1. The van der Waals surface area contributed by atoms with Crippen LogP contribution in [-0.2, 0) is 12.0 Å². The number of ether oxygens (including phenoxy) is 2. The summed E-state index contributed by atoms with van der Waals surface area (Å²) in [5.74, 6) is 1.89. The molecule has 0 unspecified atom stereocenters. The summed E-state index contributed by atoms with van der Waals surface area (Å²) < 4.78 is 12.1. The van der Waals surface area contributed by atoms with Gasteiger partial charge in [0.1, 0.15) is 18.2 Å². The molecule has 150 valence electrons. The lowest BCUT2D eigenvalue weighted by molar-refractivity contribution is 0.0867. The molecule has 4 heteroatoms. The molecule has 2 aliphatic heterocycles. The molecule has 0 amide bonds. The number of carbonyl (C=O) groups excluding carboxylic acids is 1. The van der Waals surface area contributed by atoms with Crippen molar-refractivity contribution in [2.24, 2.45) is 0 Å². The fourth-order valence-corrected chi connectivity index (χ4v) is 4.15. The molecule has 0 N–H and O–H groups in total. The molecule has 2 aromatic carbocycles. The van der Waals surface area contributed by atoms with E-state index in [0.29, 0.717) is 29.8 Å². The summed E-state index contributed by atoms with van der Waals surface area (Å²) in [4.78, 5) is 15.4. The summed E-state index contributed by atoms with van der Waals surface area (Å²) in [5, 5.41) is 0. The maximum absolute atomic E-state index is 13.1. The van der Waals surface area contributed by atoms with Crippen molar-refractivity contribution in [1.29, 1.82) is 0 Å². The third kappa shape index (κ3) is 3.25. The number of allylic oxidation sites excluding steroid dienone is 1. The van der Waals surface area contributed by atoms with E-state index < -0.39 is 0 Å². The zero-order chi connectivity index (χ0) is 20.3. The van der Waals surface area contributed by atoms with E-state index in [1.54, 1.807) is 0 Å². The Hall–Kier alpha value is -2.59. The number of hydrogen-bond donors (Lipinski definition) is 0. The SMILES string of the molecule is Cc1cc2c(c3c1C(=O)/C(=C/c1ccc(C(C)(C)C)cc1)O3)CN(C1CC1)CO2. The minimum absolute atomic E-state index is 0.0382. The van der Waals surface area contributed by atoms with Gasteiger partial charge in [-0.1, -0.05) is 45.0 Å². The number of hydrogen-bond acceptors (Lipinski definition) is 4. The van der Waals surface area contributed by atoms with Gasteiger partial charge in [0.2, 0.25) is 5.78 Å². The van der Waals surface area contributed by atoms with Gasteiger partial charge in [0.05, 0.1) is 11.1 Å². The topological polar surface area (TPSA) is 38.8 Å². The van der Waals surface area contributed by atoms with Gasteiger partial charge in [0.15, 0.2) is 5.76 Å². The maximum Gasteiger partial charge on any atom is 0.232 e. The van der Waals surface area contributed by atoms with Crippen molar-refractivity contribution in [2.45, 2.75) is 58.5 Å². The van der Waals surface area contributed by atoms with Crippen LogP contribution in [0.25, 0.3) is 6.08 Å². The van der Waals surface area contributed by atoms with Gasteiger partial charge < -0.3 is 9.47 Å². The molecule has 2 heterocycles. The predicted molar refractivity (Wildman–Crippen MR) is 113 cm³/mol. The summed E-state index contributed by atoms with van der Waals surface area (Å²) in [6.07, 6.45) is 4.30. The fraction of sp³-hybridized carbons (Fsp3) is 0.400. The van der Waals surface area contributed by atoms with Crippen LogP contribution in [-0.4, -0.2) is 23.5 Å². The second kappa shape index (κ2) is 6.46. The number of benzene rings is 2. The molecule has 0 radical (unpaired) electrons. The smallest absolute Gasteiger partial charge is 0.232 e. The molecule has 29 heavy (non-hydrogen) atoms. The van der Waals surface area contributed by atoms with Crippen LogP contribution in [0, 0.1) is 6.92 Å². The van der Waals surface area contributed by atoms with Crippen molar-refractivity contribution in [2.75, 3.05) is 6.73 Å². The fourth-order valence-electron chi connectivity index (χ4n) is 4.15. The molecule has 2 aromatic rings. The van der Waals surface area contributed by atoms with Crippen LogP contribution in [0.1, 0.15) is 66.2 Å². The summed E-state index contributed by atoms with van der Waals surface area (Å²) in [7, 11) is 0. The molecular formula is C25H27NO3. The summed E-state index contributed by atoms with van der Waals surface area (Å²) in [5.41, 5.74) is 4.94. The molecule has 0 spiro atoms. The second-order valence-electron chi connectivity index (χ2n) is 9.44. The largest absolute Gasteiger partial charge is 0.478 e. The lowest BCUT2D eigenvalue weighted by Gasteiger charge is -2.30. The monoisotopic (exact) mass is 389 g/mol. The normalized spacial score (nSPS) is 20.3. The average molecular weight is 389 g/mol. The van der Waals surface area contributed by atoms with Crippen molar-refractivity contribution in [3.05, 3.63) is 63.9 Å². The van der Waals surface area contributed by atoms with Crippen LogP contribution in [0.4, 0.5) is 0 Å². The average Bonchev–Trinajstić information content (AvgIpc) is 3.47. The molecule has 0 atom stereocenters. The zero-order valence-corrected chi connectivity index (χ0v) is 17.5. The molecule has 1 saturated carbocycles. The van der Waals surface area contributed by atoms with Crippen molar-refractivity contribution in [3.8, 4) is 11.5 Å². The van der Waals surface area contributed by atoms with Gasteiger partial charge in [-0.25, -0.2) is 0 Å². The summed E-state index contributed by atoms with van der Waals surface area (Å²) in [6, 6.07) is 10.9. The van der Waals surface area contributed by atoms with E-state index in [-0.39, 0.29) is 11.2 Å². The van der Waals surface area contributed by atoms with Gasteiger partial charge in [0.25, 0.3) is 0 Å². The van der Waals surface area contributed by atoms with Crippen molar-refractivity contribution >= 4 is 11.9 Å². The first-order chi connectivity index (χ1) is 13.8. The highest BCUT2D eigenvalue weighted by molar-refractivity contribution is 6.15. The highest BCUT2D eigenvalue weighted by Crippen LogP contribution is 2.45.